The molecule has 33 heavy (non-hydrogen) atoms. The van der Waals surface area contributed by atoms with E-state index in [1.807, 2.05) is 36.4 Å². The SMILES string of the molecule is COC(=O)[C@H](CC[S@](=O)c1ccccc1)NC(=O)[C@H]1CCCN1C(=O)OCc1ccccc1. The lowest BCUT2D eigenvalue weighted by Crippen LogP contribution is -2.51. The van der Waals surface area contributed by atoms with Gasteiger partial charge >= 0.3 is 12.1 Å². The molecule has 3 atom stereocenters. The monoisotopic (exact) mass is 472 g/mol. The fourth-order valence-electron chi connectivity index (χ4n) is 3.63. The highest BCUT2D eigenvalue weighted by atomic mass is 32.2. The Morgan fingerprint density at radius 3 is 2.42 bits per heavy atom. The highest BCUT2D eigenvalue weighted by Gasteiger charge is 2.37. The molecule has 1 heterocycles. The van der Waals surface area contributed by atoms with Crippen molar-refractivity contribution in [1.29, 1.82) is 0 Å². The minimum Gasteiger partial charge on any atom is -0.467 e. The van der Waals surface area contributed by atoms with E-state index in [2.05, 4.69) is 5.32 Å². The lowest BCUT2D eigenvalue weighted by Gasteiger charge is -2.25. The van der Waals surface area contributed by atoms with E-state index in [0.29, 0.717) is 24.3 Å². The Kier molecular flexibility index (Phi) is 9.00. The van der Waals surface area contributed by atoms with Gasteiger partial charge < -0.3 is 14.8 Å². The summed E-state index contributed by atoms with van der Waals surface area (Å²) in [7, 11) is -0.0836. The second-order valence-corrected chi connectivity index (χ2v) is 9.20. The number of nitrogens with one attached hydrogen (secondary N) is 1. The molecule has 0 unspecified atom stereocenters. The molecule has 1 saturated heterocycles. The van der Waals surface area contributed by atoms with Gasteiger partial charge in [0, 0.05) is 17.2 Å². The Balaban J connectivity index is 1.57. The molecule has 0 bridgehead atoms. The summed E-state index contributed by atoms with van der Waals surface area (Å²) in [6.07, 6.45) is 0.692. The van der Waals surface area contributed by atoms with E-state index in [0.717, 1.165) is 5.56 Å². The summed E-state index contributed by atoms with van der Waals surface area (Å²) in [5, 5.41) is 2.68. The second kappa shape index (κ2) is 12.2. The number of hydrogen-bond donors (Lipinski definition) is 1. The molecular weight excluding hydrogens is 444 g/mol. The van der Waals surface area contributed by atoms with Crippen molar-refractivity contribution >= 4 is 28.8 Å². The molecule has 1 aliphatic rings. The number of amides is 2. The van der Waals surface area contributed by atoms with Crippen LogP contribution in [0.15, 0.2) is 65.6 Å². The average molecular weight is 473 g/mol. The predicted octanol–water partition coefficient (Wildman–Crippen LogP) is 2.64. The fraction of sp³-hybridized carbons (Fsp3) is 0.375. The largest absolute Gasteiger partial charge is 0.467 e. The van der Waals surface area contributed by atoms with Gasteiger partial charge in [-0.25, -0.2) is 9.59 Å². The van der Waals surface area contributed by atoms with E-state index < -0.39 is 40.9 Å². The van der Waals surface area contributed by atoms with Crippen molar-refractivity contribution < 1.29 is 28.1 Å². The first kappa shape index (κ1) is 24.4. The molecule has 1 N–H and O–H groups in total. The van der Waals surface area contributed by atoms with E-state index in [9.17, 15) is 18.6 Å². The normalized spacial score (nSPS) is 17.1. The molecule has 0 aromatic heterocycles. The van der Waals surface area contributed by atoms with Gasteiger partial charge in [0.05, 0.1) is 17.9 Å². The van der Waals surface area contributed by atoms with Gasteiger partial charge in [-0.1, -0.05) is 48.5 Å². The summed E-state index contributed by atoms with van der Waals surface area (Å²) in [6, 6.07) is 16.5. The number of ether oxygens (including phenoxy) is 2. The molecule has 1 fully saturated rings. The molecule has 0 radical (unpaired) electrons. The molecular formula is C24H28N2O6S. The lowest BCUT2D eigenvalue weighted by molar-refractivity contribution is -0.145. The van der Waals surface area contributed by atoms with E-state index in [1.54, 1.807) is 24.3 Å². The Morgan fingerprint density at radius 2 is 1.76 bits per heavy atom. The van der Waals surface area contributed by atoms with E-state index in [1.165, 1.54) is 12.0 Å². The van der Waals surface area contributed by atoms with Gasteiger partial charge in [0.2, 0.25) is 5.91 Å². The van der Waals surface area contributed by atoms with Crippen LogP contribution in [0.25, 0.3) is 0 Å². The van der Waals surface area contributed by atoms with Crippen molar-refractivity contribution in [2.45, 2.75) is 42.8 Å². The highest BCUT2D eigenvalue weighted by molar-refractivity contribution is 7.85. The van der Waals surface area contributed by atoms with Crippen molar-refractivity contribution in [3.8, 4) is 0 Å². The van der Waals surface area contributed by atoms with Gasteiger partial charge in [0.1, 0.15) is 18.7 Å². The van der Waals surface area contributed by atoms with Crippen molar-refractivity contribution in [2.24, 2.45) is 0 Å². The van der Waals surface area contributed by atoms with Crippen LogP contribution in [0, 0.1) is 0 Å². The average Bonchev–Trinajstić information content (AvgIpc) is 3.36. The molecule has 0 saturated carbocycles. The zero-order valence-corrected chi connectivity index (χ0v) is 19.3. The smallest absolute Gasteiger partial charge is 0.410 e. The summed E-state index contributed by atoms with van der Waals surface area (Å²) < 4.78 is 22.7. The first-order chi connectivity index (χ1) is 16.0. The van der Waals surface area contributed by atoms with Gasteiger partial charge in [0.25, 0.3) is 0 Å². The standard InChI is InChI=1S/C24H28N2O6S/c1-31-23(28)20(14-16-33(30)19-11-6-3-7-12-19)25-22(27)21-13-8-15-26(21)24(29)32-17-18-9-4-2-5-10-18/h2-7,9-12,20-21H,8,13-17H2,1H3,(H,25,27)/t20-,21+,33-/m0/s1. The zero-order chi connectivity index (χ0) is 23.6. The number of carbonyl (C=O) groups is 3. The number of esters is 1. The van der Waals surface area contributed by atoms with Crippen LogP contribution in [-0.4, -0.2) is 58.6 Å². The van der Waals surface area contributed by atoms with Gasteiger partial charge in [-0.15, -0.1) is 0 Å². The third-order valence-electron chi connectivity index (χ3n) is 5.40. The molecule has 9 heteroatoms. The van der Waals surface area contributed by atoms with Crippen molar-refractivity contribution in [3.05, 3.63) is 66.2 Å². The number of benzene rings is 2. The fourth-order valence-corrected chi connectivity index (χ4v) is 4.78. The molecule has 8 nitrogen and oxygen atoms in total. The van der Waals surface area contributed by atoms with Crippen molar-refractivity contribution in [3.63, 3.8) is 0 Å². The second-order valence-electron chi connectivity index (χ2n) is 7.63. The summed E-state index contributed by atoms with van der Waals surface area (Å²) in [5.41, 5.74) is 0.850. The molecule has 1 aliphatic heterocycles. The third kappa shape index (κ3) is 6.89. The van der Waals surface area contributed by atoms with Gasteiger partial charge in [0.15, 0.2) is 0 Å². The van der Waals surface area contributed by atoms with Crippen LogP contribution < -0.4 is 5.32 Å². The minimum atomic E-state index is -1.32. The number of carbonyl (C=O) groups excluding carboxylic acids is 3. The topological polar surface area (TPSA) is 102 Å². The Bertz CT molecular complexity index is 969. The maximum absolute atomic E-state index is 12.9. The van der Waals surface area contributed by atoms with Gasteiger partial charge in [-0.3, -0.25) is 13.9 Å². The zero-order valence-electron chi connectivity index (χ0n) is 18.5. The van der Waals surface area contributed by atoms with Crippen molar-refractivity contribution in [1.82, 2.24) is 10.2 Å². The summed E-state index contributed by atoms with van der Waals surface area (Å²) in [5.74, 6) is -0.896. The Morgan fingerprint density at radius 1 is 1.09 bits per heavy atom. The molecule has 0 aliphatic carbocycles. The first-order valence-corrected chi connectivity index (χ1v) is 12.1. The molecule has 176 valence electrons. The van der Waals surface area contributed by atoms with E-state index >= 15 is 0 Å². The Hall–Kier alpha value is -3.20. The molecule has 2 amide bonds. The molecule has 2 aromatic rings. The lowest BCUT2D eigenvalue weighted by atomic mass is 10.1. The number of hydrogen-bond acceptors (Lipinski definition) is 6. The van der Waals surface area contributed by atoms with Gasteiger partial charge in [-0.05, 0) is 37.0 Å². The summed E-state index contributed by atoms with van der Waals surface area (Å²) >= 11 is 0. The molecule has 3 rings (SSSR count). The quantitative estimate of drug-likeness (QED) is 0.563. The summed E-state index contributed by atoms with van der Waals surface area (Å²) in [4.78, 5) is 39.8. The number of rotatable bonds is 9. The maximum atomic E-state index is 12.9. The van der Waals surface area contributed by atoms with E-state index in [-0.39, 0.29) is 18.8 Å². The number of methoxy groups -OCH3 is 1. The molecule has 2 aromatic carbocycles. The van der Waals surface area contributed by atoms with Crippen LogP contribution >= 0.6 is 0 Å². The van der Waals surface area contributed by atoms with E-state index in [4.69, 9.17) is 9.47 Å². The van der Waals surface area contributed by atoms with Crippen molar-refractivity contribution in [2.75, 3.05) is 19.4 Å². The van der Waals surface area contributed by atoms with Crippen LogP contribution in [0.2, 0.25) is 0 Å². The third-order valence-corrected chi connectivity index (χ3v) is 6.80. The minimum absolute atomic E-state index is 0.112. The summed E-state index contributed by atoms with van der Waals surface area (Å²) in [6.45, 7) is 0.507. The maximum Gasteiger partial charge on any atom is 0.410 e. The number of nitrogens with zero attached hydrogens (tertiary/aromatic N) is 1. The van der Waals surface area contributed by atoms with Crippen LogP contribution in [0.4, 0.5) is 4.79 Å². The van der Waals surface area contributed by atoms with Crippen LogP contribution in [0.3, 0.4) is 0 Å². The van der Waals surface area contributed by atoms with Crippen LogP contribution in [0.5, 0.6) is 0 Å². The first-order valence-electron chi connectivity index (χ1n) is 10.8. The van der Waals surface area contributed by atoms with Gasteiger partial charge in [-0.2, -0.15) is 0 Å². The van der Waals surface area contributed by atoms with Crippen LogP contribution in [-0.2, 0) is 36.5 Å². The highest BCUT2D eigenvalue weighted by Crippen LogP contribution is 2.20. The predicted molar refractivity (Wildman–Crippen MR) is 123 cm³/mol. The molecule has 0 spiro atoms. The van der Waals surface area contributed by atoms with Crippen LogP contribution in [0.1, 0.15) is 24.8 Å². The Labute approximate surface area is 195 Å². The number of likely N-dealkylation sites (tertiary alicyclic amines) is 1.